The molecule has 3 aromatic carbocycles. The van der Waals surface area contributed by atoms with Crippen molar-refractivity contribution >= 4 is 22.4 Å². The number of nitrogen functional groups attached to an aromatic ring is 1. The Hall–Kier alpha value is -3.21. The Kier molecular flexibility index (Phi) is 3.76. The van der Waals surface area contributed by atoms with Gasteiger partial charge in [-0.1, -0.05) is 42.5 Å². The van der Waals surface area contributed by atoms with Gasteiger partial charge in [0, 0.05) is 6.07 Å². The lowest BCUT2D eigenvalue weighted by Crippen LogP contribution is -2.02. The van der Waals surface area contributed by atoms with Gasteiger partial charge in [0.25, 0.3) is 0 Å². The fraction of sp³-hybridized carbons (Fsp3) is 0.0556. The molecule has 3 aromatic rings. The molecule has 0 spiro atoms. The number of carboxylic acid groups (broad SMARTS) is 1. The molecule has 0 aliphatic rings. The number of phenols is 1. The Morgan fingerprint density at radius 1 is 1.09 bits per heavy atom. The van der Waals surface area contributed by atoms with E-state index in [4.69, 9.17) is 15.6 Å². The van der Waals surface area contributed by atoms with Gasteiger partial charge >= 0.3 is 5.97 Å². The summed E-state index contributed by atoms with van der Waals surface area (Å²) >= 11 is 0. The van der Waals surface area contributed by atoms with Crippen LogP contribution in [0.3, 0.4) is 0 Å². The van der Waals surface area contributed by atoms with E-state index in [1.807, 2.05) is 42.5 Å². The van der Waals surface area contributed by atoms with Crippen molar-refractivity contribution in [1.82, 2.24) is 0 Å². The standard InChI is InChI=1S/C18H15NO4/c19-16-9-13(8-15(17(16)20)18(21)22)23-10-12-6-3-5-11-4-1-2-7-14(11)12/h1-9,20H,10,19H2,(H,21,22). The van der Waals surface area contributed by atoms with E-state index < -0.39 is 11.7 Å². The van der Waals surface area contributed by atoms with Crippen LogP contribution in [-0.4, -0.2) is 16.2 Å². The van der Waals surface area contributed by atoms with Crippen molar-refractivity contribution in [2.24, 2.45) is 0 Å². The van der Waals surface area contributed by atoms with E-state index in [9.17, 15) is 9.90 Å². The number of nitrogens with two attached hydrogens (primary N) is 1. The molecule has 23 heavy (non-hydrogen) atoms. The molecule has 0 fully saturated rings. The normalized spacial score (nSPS) is 10.6. The van der Waals surface area contributed by atoms with Gasteiger partial charge in [0.05, 0.1) is 5.69 Å². The van der Waals surface area contributed by atoms with Crippen molar-refractivity contribution in [3.05, 3.63) is 65.7 Å². The molecule has 0 atom stereocenters. The summed E-state index contributed by atoms with van der Waals surface area (Å²) in [6.45, 7) is 0.268. The van der Waals surface area contributed by atoms with Crippen molar-refractivity contribution in [1.29, 1.82) is 0 Å². The lowest BCUT2D eigenvalue weighted by atomic mass is 10.1. The Labute approximate surface area is 132 Å². The summed E-state index contributed by atoms with van der Waals surface area (Å²) in [5, 5.41) is 20.9. The van der Waals surface area contributed by atoms with Gasteiger partial charge in [-0.05, 0) is 22.4 Å². The van der Waals surface area contributed by atoms with Crippen LogP contribution in [0, 0.1) is 0 Å². The van der Waals surface area contributed by atoms with E-state index in [1.54, 1.807) is 0 Å². The molecule has 0 unspecified atom stereocenters. The molecular formula is C18H15NO4. The van der Waals surface area contributed by atoms with Crippen LogP contribution in [0.15, 0.2) is 54.6 Å². The molecule has 5 heteroatoms. The third kappa shape index (κ3) is 2.89. The molecule has 116 valence electrons. The number of rotatable bonds is 4. The van der Waals surface area contributed by atoms with E-state index >= 15 is 0 Å². The molecule has 4 N–H and O–H groups in total. The zero-order valence-corrected chi connectivity index (χ0v) is 12.2. The molecule has 5 nitrogen and oxygen atoms in total. The zero-order valence-electron chi connectivity index (χ0n) is 12.2. The average molecular weight is 309 g/mol. The van der Waals surface area contributed by atoms with E-state index in [2.05, 4.69) is 0 Å². The third-order valence-corrected chi connectivity index (χ3v) is 3.62. The predicted octanol–water partition coefficient (Wildman–Crippen LogP) is 3.40. The number of anilines is 1. The highest BCUT2D eigenvalue weighted by Gasteiger charge is 2.15. The summed E-state index contributed by atoms with van der Waals surface area (Å²) in [4.78, 5) is 11.1. The van der Waals surface area contributed by atoms with Gasteiger partial charge in [0.15, 0.2) is 5.75 Å². The Morgan fingerprint density at radius 2 is 1.83 bits per heavy atom. The molecule has 0 aliphatic carbocycles. The van der Waals surface area contributed by atoms with Crippen molar-refractivity contribution in [3.8, 4) is 11.5 Å². The van der Waals surface area contributed by atoms with E-state index in [0.717, 1.165) is 16.3 Å². The minimum absolute atomic E-state index is 0.0298. The molecule has 0 radical (unpaired) electrons. The quantitative estimate of drug-likeness (QED) is 0.507. The number of carbonyl (C=O) groups is 1. The zero-order chi connectivity index (χ0) is 16.4. The summed E-state index contributed by atoms with van der Waals surface area (Å²) in [6, 6.07) is 16.5. The highest BCUT2D eigenvalue weighted by Crippen LogP contribution is 2.31. The van der Waals surface area contributed by atoms with Crippen molar-refractivity contribution in [2.75, 3.05) is 5.73 Å². The van der Waals surface area contributed by atoms with E-state index in [1.165, 1.54) is 12.1 Å². The second-order valence-corrected chi connectivity index (χ2v) is 5.14. The molecule has 0 heterocycles. The summed E-state index contributed by atoms with van der Waals surface area (Å²) < 4.78 is 5.67. The Morgan fingerprint density at radius 3 is 2.61 bits per heavy atom. The molecule has 0 aromatic heterocycles. The van der Waals surface area contributed by atoms with Gasteiger partial charge in [0.1, 0.15) is 17.9 Å². The number of fused-ring (bicyclic) bond motifs is 1. The van der Waals surface area contributed by atoms with Gasteiger partial charge in [-0.2, -0.15) is 0 Å². The maximum absolute atomic E-state index is 11.1. The topological polar surface area (TPSA) is 92.8 Å². The van der Waals surface area contributed by atoms with Crippen LogP contribution in [0.4, 0.5) is 5.69 Å². The first-order valence-corrected chi connectivity index (χ1v) is 7.01. The van der Waals surface area contributed by atoms with Gasteiger partial charge in [-0.15, -0.1) is 0 Å². The maximum Gasteiger partial charge on any atom is 0.339 e. The fourth-order valence-corrected chi connectivity index (χ4v) is 2.46. The summed E-state index contributed by atoms with van der Waals surface area (Å²) in [7, 11) is 0. The molecule has 0 saturated heterocycles. The minimum atomic E-state index is -1.26. The lowest BCUT2D eigenvalue weighted by molar-refractivity contribution is 0.0693. The smallest absolute Gasteiger partial charge is 0.339 e. The van der Waals surface area contributed by atoms with Crippen LogP contribution in [0.1, 0.15) is 15.9 Å². The first-order chi connectivity index (χ1) is 11.1. The van der Waals surface area contributed by atoms with E-state index in [0.29, 0.717) is 5.75 Å². The Bertz CT molecular complexity index is 884. The number of ether oxygens (including phenoxy) is 1. The summed E-state index contributed by atoms with van der Waals surface area (Å²) in [5.41, 5.74) is 6.29. The van der Waals surface area contributed by atoms with Crippen LogP contribution in [-0.2, 0) is 6.61 Å². The molecule has 0 aliphatic heterocycles. The van der Waals surface area contributed by atoms with Crippen LogP contribution >= 0.6 is 0 Å². The number of hydrogen-bond donors (Lipinski definition) is 3. The van der Waals surface area contributed by atoms with Crippen molar-refractivity contribution in [2.45, 2.75) is 6.61 Å². The lowest BCUT2D eigenvalue weighted by Gasteiger charge is -2.11. The number of benzene rings is 3. The molecule has 0 saturated carbocycles. The van der Waals surface area contributed by atoms with Crippen LogP contribution < -0.4 is 10.5 Å². The molecule has 0 bridgehead atoms. The maximum atomic E-state index is 11.1. The highest BCUT2D eigenvalue weighted by atomic mass is 16.5. The highest BCUT2D eigenvalue weighted by molar-refractivity contribution is 5.93. The SMILES string of the molecule is Nc1cc(OCc2cccc3ccccc23)cc(C(=O)O)c1O. The summed E-state index contributed by atoms with van der Waals surface area (Å²) in [6.07, 6.45) is 0. The second kappa shape index (κ2) is 5.88. The van der Waals surface area contributed by atoms with Crippen molar-refractivity contribution < 1.29 is 19.7 Å². The predicted molar refractivity (Wildman–Crippen MR) is 87.8 cm³/mol. The average Bonchev–Trinajstić information content (AvgIpc) is 2.55. The number of aromatic hydroxyl groups is 1. The van der Waals surface area contributed by atoms with Gasteiger partial charge in [-0.25, -0.2) is 4.79 Å². The van der Waals surface area contributed by atoms with Crippen LogP contribution in [0.5, 0.6) is 11.5 Å². The third-order valence-electron chi connectivity index (χ3n) is 3.62. The molecule has 0 amide bonds. The van der Waals surface area contributed by atoms with Gasteiger partial charge < -0.3 is 20.7 Å². The Balaban J connectivity index is 1.90. The molecular weight excluding hydrogens is 294 g/mol. The second-order valence-electron chi connectivity index (χ2n) is 5.14. The first-order valence-electron chi connectivity index (χ1n) is 7.01. The van der Waals surface area contributed by atoms with Gasteiger partial charge in [-0.3, -0.25) is 0 Å². The fourth-order valence-electron chi connectivity index (χ4n) is 2.46. The first kappa shape index (κ1) is 14.7. The van der Waals surface area contributed by atoms with Crippen LogP contribution in [0.25, 0.3) is 10.8 Å². The van der Waals surface area contributed by atoms with Crippen LogP contribution in [0.2, 0.25) is 0 Å². The van der Waals surface area contributed by atoms with Gasteiger partial charge in [0.2, 0.25) is 0 Å². The monoisotopic (exact) mass is 309 g/mol. The molecule has 3 rings (SSSR count). The summed E-state index contributed by atoms with van der Waals surface area (Å²) in [5.74, 6) is -1.41. The number of carboxylic acids is 1. The number of aromatic carboxylic acids is 1. The largest absolute Gasteiger partial charge is 0.505 e. The number of hydrogen-bond acceptors (Lipinski definition) is 4. The van der Waals surface area contributed by atoms with E-state index in [-0.39, 0.29) is 17.9 Å². The minimum Gasteiger partial charge on any atom is -0.505 e. The van der Waals surface area contributed by atoms with Crippen molar-refractivity contribution in [3.63, 3.8) is 0 Å².